The molecule has 3 N–H and O–H groups in total. The number of rotatable bonds is 5. The van der Waals surface area contributed by atoms with Crippen molar-refractivity contribution in [3.8, 4) is 0 Å². The monoisotopic (exact) mass is 316 g/mol. The lowest BCUT2D eigenvalue weighted by Gasteiger charge is -2.37. The number of aryl methyl sites for hydroxylation is 1. The van der Waals surface area contributed by atoms with Crippen molar-refractivity contribution in [3.63, 3.8) is 0 Å². The SMILES string of the molecule is Cc1cc(NC(=O)CCN2CCC(C)CC2CN)no1.Cl. The van der Waals surface area contributed by atoms with Crippen molar-refractivity contribution < 1.29 is 9.32 Å². The number of likely N-dealkylation sites (tertiary alicyclic amines) is 1. The molecule has 120 valence electrons. The zero-order valence-corrected chi connectivity index (χ0v) is 13.5. The van der Waals surface area contributed by atoms with E-state index in [1.807, 2.05) is 0 Å². The molecule has 0 radical (unpaired) electrons. The van der Waals surface area contributed by atoms with Crippen molar-refractivity contribution >= 4 is 24.1 Å². The molecular weight excluding hydrogens is 292 g/mol. The maximum atomic E-state index is 11.9. The highest BCUT2D eigenvalue weighted by atomic mass is 35.5. The summed E-state index contributed by atoms with van der Waals surface area (Å²) in [5.41, 5.74) is 5.82. The normalized spacial score (nSPS) is 22.6. The van der Waals surface area contributed by atoms with E-state index in [1.54, 1.807) is 13.0 Å². The first-order valence-corrected chi connectivity index (χ1v) is 7.25. The maximum absolute atomic E-state index is 11.9. The van der Waals surface area contributed by atoms with Crippen LogP contribution < -0.4 is 11.1 Å². The summed E-state index contributed by atoms with van der Waals surface area (Å²) in [4.78, 5) is 14.2. The predicted molar refractivity (Wildman–Crippen MR) is 84.5 cm³/mol. The molecule has 1 aromatic heterocycles. The highest BCUT2D eigenvalue weighted by Gasteiger charge is 2.25. The first-order valence-electron chi connectivity index (χ1n) is 7.25. The van der Waals surface area contributed by atoms with Crippen LogP contribution in [0.5, 0.6) is 0 Å². The third-order valence-corrected chi connectivity index (χ3v) is 3.89. The van der Waals surface area contributed by atoms with Gasteiger partial charge in [0.05, 0.1) is 0 Å². The molecule has 2 unspecified atom stereocenters. The summed E-state index contributed by atoms with van der Waals surface area (Å²) in [5, 5.41) is 6.49. The summed E-state index contributed by atoms with van der Waals surface area (Å²) >= 11 is 0. The molecule has 2 rings (SSSR count). The lowest BCUT2D eigenvalue weighted by atomic mass is 9.92. The summed E-state index contributed by atoms with van der Waals surface area (Å²) in [6.45, 7) is 6.49. The zero-order valence-electron chi connectivity index (χ0n) is 12.7. The van der Waals surface area contributed by atoms with E-state index >= 15 is 0 Å². The largest absolute Gasteiger partial charge is 0.360 e. The van der Waals surface area contributed by atoms with E-state index in [-0.39, 0.29) is 18.3 Å². The molecule has 0 aliphatic carbocycles. The summed E-state index contributed by atoms with van der Waals surface area (Å²) in [5.74, 6) is 1.86. The maximum Gasteiger partial charge on any atom is 0.226 e. The summed E-state index contributed by atoms with van der Waals surface area (Å²) in [7, 11) is 0. The van der Waals surface area contributed by atoms with Gasteiger partial charge in [0.15, 0.2) is 5.82 Å². The van der Waals surface area contributed by atoms with Gasteiger partial charge in [0.2, 0.25) is 5.91 Å². The highest BCUT2D eigenvalue weighted by Crippen LogP contribution is 2.21. The molecule has 0 aromatic carbocycles. The van der Waals surface area contributed by atoms with Crippen LogP contribution in [0.4, 0.5) is 5.82 Å². The number of nitrogens with two attached hydrogens (primary N) is 1. The Hall–Kier alpha value is -1.11. The van der Waals surface area contributed by atoms with Gasteiger partial charge in [-0.2, -0.15) is 0 Å². The summed E-state index contributed by atoms with van der Waals surface area (Å²) in [6.07, 6.45) is 2.76. The van der Waals surface area contributed by atoms with Crippen molar-refractivity contribution in [1.29, 1.82) is 0 Å². The van der Waals surface area contributed by atoms with Crippen molar-refractivity contribution in [1.82, 2.24) is 10.1 Å². The quantitative estimate of drug-likeness (QED) is 0.865. The summed E-state index contributed by atoms with van der Waals surface area (Å²) in [6, 6.07) is 2.12. The molecule has 1 fully saturated rings. The molecule has 1 aliphatic heterocycles. The number of carbonyl (C=O) groups is 1. The van der Waals surface area contributed by atoms with Crippen LogP contribution in [0.25, 0.3) is 0 Å². The van der Waals surface area contributed by atoms with E-state index in [9.17, 15) is 4.79 Å². The van der Waals surface area contributed by atoms with Crippen LogP contribution in [0, 0.1) is 12.8 Å². The smallest absolute Gasteiger partial charge is 0.226 e. The van der Waals surface area contributed by atoms with Gasteiger partial charge < -0.3 is 15.6 Å². The second-order valence-corrected chi connectivity index (χ2v) is 5.68. The Morgan fingerprint density at radius 2 is 2.38 bits per heavy atom. The number of hydrogen-bond acceptors (Lipinski definition) is 5. The standard InChI is InChI=1S/C14H24N4O2.ClH/c1-10-3-5-18(12(7-10)9-15)6-4-14(19)16-13-8-11(2)20-17-13;/h8,10,12H,3-7,9,15H2,1-2H3,(H,16,17,19);1H. The molecule has 0 bridgehead atoms. The van der Waals surface area contributed by atoms with E-state index in [1.165, 1.54) is 6.42 Å². The van der Waals surface area contributed by atoms with E-state index in [2.05, 4.69) is 22.3 Å². The Morgan fingerprint density at radius 1 is 1.62 bits per heavy atom. The van der Waals surface area contributed by atoms with E-state index in [0.717, 1.165) is 25.4 Å². The van der Waals surface area contributed by atoms with Gasteiger partial charge >= 0.3 is 0 Å². The van der Waals surface area contributed by atoms with E-state index < -0.39 is 0 Å². The number of piperidine rings is 1. The number of nitrogens with one attached hydrogen (secondary N) is 1. The van der Waals surface area contributed by atoms with Crippen LogP contribution in [-0.2, 0) is 4.79 Å². The van der Waals surface area contributed by atoms with Crippen LogP contribution in [-0.4, -0.2) is 41.6 Å². The van der Waals surface area contributed by atoms with Crippen LogP contribution in [0.1, 0.15) is 31.9 Å². The number of halogens is 1. The Morgan fingerprint density at radius 3 is 3.00 bits per heavy atom. The molecule has 1 aromatic rings. The fraction of sp³-hybridized carbons (Fsp3) is 0.714. The number of carbonyl (C=O) groups excluding carboxylic acids is 1. The van der Waals surface area contributed by atoms with Gasteiger partial charge in [0, 0.05) is 31.6 Å². The van der Waals surface area contributed by atoms with Gasteiger partial charge in [-0.25, -0.2) is 0 Å². The zero-order chi connectivity index (χ0) is 14.5. The molecule has 0 spiro atoms. The van der Waals surface area contributed by atoms with Gasteiger partial charge in [0.25, 0.3) is 0 Å². The average molecular weight is 317 g/mol. The second kappa shape index (κ2) is 8.36. The fourth-order valence-corrected chi connectivity index (χ4v) is 2.72. The fourth-order valence-electron chi connectivity index (χ4n) is 2.72. The highest BCUT2D eigenvalue weighted by molar-refractivity contribution is 5.89. The lowest BCUT2D eigenvalue weighted by Crippen LogP contribution is -2.47. The minimum absolute atomic E-state index is 0. The topological polar surface area (TPSA) is 84.4 Å². The Kier molecular flexibility index (Phi) is 7.14. The molecule has 2 heterocycles. The molecule has 1 aliphatic rings. The second-order valence-electron chi connectivity index (χ2n) is 5.68. The van der Waals surface area contributed by atoms with E-state index in [4.69, 9.17) is 10.3 Å². The minimum Gasteiger partial charge on any atom is -0.360 e. The Labute approximate surface area is 131 Å². The van der Waals surface area contributed by atoms with Crippen LogP contribution in [0.3, 0.4) is 0 Å². The van der Waals surface area contributed by atoms with Crippen LogP contribution in [0.15, 0.2) is 10.6 Å². The molecule has 6 nitrogen and oxygen atoms in total. The van der Waals surface area contributed by atoms with Gasteiger partial charge in [-0.05, 0) is 32.2 Å². The summed E-state index contributed by atoms with van der Waals surface area (Å²) < 4.78 is 4.91. The number of amides is 1. The number of hydrogen-bond donors (Lipinski definition) is 2. The third kappa shape index (κ3) is 5.30. The van der Waals surface area contributed by atoms with Gasteiger partial charge in [0.1, 0.15) is 5.76 Å². The van der Waals surface area contributed by atoms with Gasteiger partial charge in [-0.1, -0.05) is 12.1 Å². The average Bonchev–Trinajstić information content (AvgIpc) is 2.82. The van der Waals surface area contributed by atoms with Crippen LogP contribution >= 0.6 is 12.4 Å². The van der Waals surface area contributed by atoms with Crippen molar-refractivity contribution in [3.05, 3.63) is 11.8 Å². The number of anilines is 1. The Bertz CT molecular complexity index is 452. The van der Waals surface area contributed by atoms with Gasteiger partial charge in [-0.15, -0.1) is 12.4 Å². The molecule has 1 amide bonds. The Balaban J connectivity index is 0.00000220. The molecule has 1 saturated heterocycles. The molecular formula is C14H25ClN4O2. The first kappa shape index (κ1) is 17.9. The van der Waals surface area contributed by atoms with Gasteiger partial charge in [-0.3, -0.25) is 9.69 Å². The first-order chi connectivity index (χ1) is 9.58. The molecule has 7 heteroatoms. The number of aromatic nitrogens is 1. The third-order valence-electron chi connectivity index (χ3n) is 3.89. The predicted octanol–water partition coefficient (Wildman–Crippen LogP) is 1.79. The molecule has 21 heavy (non-hydrogen) atoms. The molecule has 0 saturated carbocycles. The number of nitrogens with zero attached hydrogens (tertiary/aromatic N) is 2. The van der Waals surface area contributed by atoms with Crippen molar-refractivity contribution in [2.45, 2.75) is 39.2 Å². The van der Waals surface area contributed by atoms with Crippen LogP contribution in [0.2, 0.25) is 0 Å². The lowest BCUT2D eigenvalue weighted by molar-refractivity contribution is -0.116. The van der Waals surface area contributed by atoms with E-state index in [0.29, 0.717) is 30.6 Å². The van der Waals surface area contributed by atoms with Crippen molar-refractivity contribution in [2.75, 3.05) is 25.0 Å². The molecule has 2 atom stereocenters. The minimum atomic E-state index is -0.0345. The van der Waals surface area contributed by atoms with Crippen molar-refractivity contribution in [2.24, 2.45) is 11.7 Å².